The Kier molecular flexibility index (Phi) is 6.80. The second-order valence-corrected chi connectivity index (χ2v) is 7.89. The van der Waals surface area contributed by atoms with Crippen molar-refractivity contribution in [2.24, 2.45) is 0 Å². The third kappa shape index (κ3) is 5.83. The molecule has 4 aromatic rings. The first-order chi connectivity index (χ1) is 16.0. The van der Waals surface area contributed by atoms with Gasteiger partial charge in [-0.3, -0.25) is 4.79 Å². The first kappa shape index (κ1) is 22.2. The van der Waals surface area contributed by atoms with Gasteiger partial charge < -0.3 is 20.5 Å². The molecule has 33 heavy (non-hydrogen) atoms. The number of ether oxygens (including phenoxy) is 2. The van der Waals surface area contributed by atoms with Crippen LogP contribution in [0.2, 0.25) is 0 Å². The summed E-state index contributed by atoms with van der Waals surface area (Å²) in [7, 11) is 0. The lowest BCUT2D eigenvalue weighted by atomic mass is 10.1. The normalized spacial score (nSPS) is 10.8. The van der Waals surface area contributed by atoms with E-state index < -0.39 is 6.61 Å². The van der Waals surface area contributed by atoms with E-state index in [0.29, 0.717) is 17.3 Å². The largest absolute Gasteiger partial charge is 0.489 e. The van der Waals surface area contributed by atoms with Crippen LogP contribution in [0.1, 0.15) is 20.8 Å². The number of anilines is 3. The summed E-state index contributed by atoms with van der Waals surface area (Å²) in [5, 5.41) is 3.57. The molecule has 0 spiro atoms. The highest BCUT2D eigenvalue weighted by molar-refractivity contribution is 7.18. The van der Waals surface area contributed by atoms with E-state index in [1.165, 1.54) is 24.3 Å². The molecule has 0 fully saturated rings. The number of nitrogens with two attached hydrogens (primary N) is 1. The van der Waals surface area contributed by atoms with Gasteiger partial charge in [0.1, 0.15) is 28.8 Å². The van der Waals surface area contributed by atoms with Crippen molar-refractivity contribution in [3.63, 3.8) is 0 Å². The van der Waals surface area contributed by atoms with E-state index >= 15 is 0 Å². The number of carbonyl (C=O) groups is 1. The summed E-state index contributed by atoms with van der Waals surface area (Å²) in [6, 6.07) is 22.6. The van der Waals surface area contributed by atoms with Crippen LogP contribution in [-0.4, -0.2) is 17.4 Å². The molecular weight excluding hydrogens is 448 g/mol. The number of carbonyl (C=O) groups excluding carboxylic acids is 1. The van der Waals surface area contributed by atoms with Gasteiger partial charge in [-0.25, -0.2) is 4.98 Å². The Morgan fingerprint density at radius 1 is 0.970 bits per heavy atom. The van der Waals surface area contributed by atoms with Gasteiger partial charge >= 0.3 is 6.61 Å². The SMILES string of the molecule is Nc1nc(Nc2ccc(OCc3ccccc3)cc2)sc1C(=O)c1ccc(OC(F)F)cc1. The highest BCUT2D eigenvalue weighted by Gasteiger charge is 2.18. The van der Waals surface area contributed by atoms with Crippen molar-refractivity contribution in [3.05, 3.63) is 94.9 Å². The molecule has 0 radical (unpaired) electrons. The molecule has 0 amide bonds. The van der Waals surface area contributed by atoms with Gasteiger partial charge in [-0.1, -0.05) is 41.7 Å². The van der Waals surface area contributed by atoms with Crippen LogP contribution in [0.3, 0.4) is 0 Å². The lowest BCUT2D eigenvalue weighted by Gasteiger charge is -2.07. The second-order valence-electron chi connectivity index (χ2n) is 6.89. The molecule has 0 aliphatic rings. The maximum atomic E-state index is 12.8. The maximum Gasteiger partial charge on any atom is 0.387 e. The van der Waals surface area contributed by atoms with E-state index in [2.05, 4.69) is 15.0 Å². The van der Waals surface area contributed by atoms with Crippen LogP contribution in [0, 0.1) is 0 Å². The molecule has 0 aliphatic heterocycles. The van der Waals surface area contributed by atoms with E-state index in [1.807, 2.05) is 54.6 Å². The van der Waals surface area contributed by atoms with E-state index in [-0.39, 0.29) is 22.2 Å². The monoisotopic (exact) mass is 467 g/mol. The molecule has 0 bridgehead atoms. The van der Waals surface area contributed by atoms with Gasteiger partial charge in [-0.2, -0.15) is 8.78 Å². The van der Waals surface area contributed by atoms with E-state index in [0.717, 1.165) is 28.3 Å². The van der Waals surface area contributed by atoms with Gasteiger partial charge in [0.2, 0.25) is 5.78 Å². The predicted octanol–water partition coefficient (Wildman–Crippen LogP) is 5.88. The zero-order valence-corrected chi connectivity index (χ0v) is 18.0. The fourth-order valence-electron chi connectivity index (χ4n) is 2.97. The van der Waals surface area contributed by atoms with Gasteiger partial charge in [0.15, 0.2) is 5.13 Å². The van der Waals surface area contributed by atoms with Gasteiger partial charge in [-0.15, -0.1) is 0 Å². The van der Waals surface area contributed by atoms with Crippen molar-refractivity contribution in [2.45, 2.75) is 13.2 Å². The number of benzene rings is 3. The molecule has 0 atom stereocenters. The predicted molar refractivity (Wildman–Crippen MR) is 124 cm³/mol. The third-order valence-electron chi connectivity index (χ3n) is 4.56. The minimum atomic E-state index is -2.93. The molecule has 168 valence electrons. The highest BCUT2D eigenvalue weighted by Crippen LogP contribution is 2.30. The van der Waals surface area contributed by atoms with Crippen molar-refractivity contribution in [2.75, 3.05) is 11.1 Å². The summed E-state index contributed by atoms with van der Waals surface area (Å²) in [5.74, 6) is 0.421. The van der Waals surface area contributed by atoms with Crippen molar-refractivity contribution in [1.82, 2.24) is 4.98 Å². The van der Waals surface area contributed by atoms with Gasteiger partial charge in [0.25, 0.3) is 0 Å². The number of hydrogen-bond donors (Lipinski definition) is 2. The summed E-state index contributed by atoms with van der Waals surface area (Å²) in [6.45, 7) is -2.46. The molecule has 3 N–H and O–H groups in total. The Labute approximate surface area is 192 Å². The summed E-state index contributed by atoms with van der Waals surface area (Å²) in [6.07, 6.45) is 0. The van der Waals surface area contributed by atoms with Crippen LogP contribution < -0.4 is 20.5 Å². The number of rotatable bonds is 9. The average Bonchev–Trinajstić information content (AvgIpc) is 3.19. The van der Waals surface area contributed by atoms with Crippen molar-refractivity contribution in [3.8, 4) is 11.5 Å². The summed E-state index contributed by atoms with van der Waals surface area (Å²) in [4.78, 5) is 17.2. The Balaban J connectivity index is 1.39. The zero-order valence-electron chi connectivity index (χ0n) is 17.2. The fourth-order valence-corrected chi connectivity index (χ4v) is 3.83. The molecule has 0 saturated heterocycles. The molecule has 4 rings (SSSR count). The Morgan fingerprint density at radius 3 is 2.30 bits per heavy atom. The zero-order chi connectivity index (χ0) is 23.2. The van der Waals surface area contributed by atoms with Crippen LogP contribution >= 0.6 is 11.3 Å². The maximum absolute atomic E-state index is 12.8. The van der Waals surface area contributed by atoms with Crippen molar-refractivity contribution in [1.29, 1.82) is 0 Å². The van der Waals surface area contributed by atoms with Crippen molar-refractivity contribution < 1.29 is 23.0 Å². The van der Waals surface area contributed by atoms with Gasteiger partial charge in [0, 0.05) is 11.3 Å². The molecule has 1 aromatic heterocycles. The molecular formula is C24H19F2N3O3S. The molecule has 0 aliphatic carbocycles. The number of thiazole rings is 1. The quantitative estimate of drug-likeness (QED) is 0.299. The smallest absolute Gasteiger partial charge is 0.387 e. The number of nitrogens with zero attached hydrogens (tertiary/aromatic N) is 1. The van der Waals surface area contributed by atoms with Crippen LogP contribution in [0.25, 0.3) is 0 Å². The van der Waals surface area contributed by atoms with Gasteiger partial charge in [-0.05, 0) is 54.1 Å². The van der Waals surface area contributed by atoms with Crippen LogP contribution in [0.4, 0.5) is 25.4 Å². The van der Waals surface area contributed by atoms with Gasteiger partial charge in [0.05, 0.1) is 0 Å². The lowest BCUT2D eigenvalue weighted by Crippen LogP contribution is -2.04. The number of hydrogen-bond acceptors (Lipinski definition) is 7. The third-order valence-corrected chi connectivity index (χ3v) is 5.54. The summed E-state index contributed by atoms with van der Waals surface area (Å²) >= 11 is 1.10. The molecule has 0 unspecified atom stereocenters. The standard InChI is InChI=1S/C24H19F2N3O3S/c25-23(26)32-19-10-6-16(7-11-19)20(30)21-22(27)29-24(33-21)28-17-8-12-18(13-9-17)31-14-15-4-2-1-3-5-15/h1-13,23H,14,27H2,(H,28,29). The summed E-state index contributed by atoms with van der Waals surface area (Å²) in [5.41, 5.74) is 8.06. The number of nitrogen functional groups attached to an aromatic ring is 1. The minimum absolute atomic E-state index is 0.0302. The Hall–Kier alpha value is -3.98. The van der Waals surface area contributed by atoms with Crippen LogP contribution in [0.15, 0.2) is 78.9 Å². The minimum Gasteiger partial charge on any atom is -0.489 e. The van der Waals surface area contributed by atoms with E-state index in [9.17, 15) is 13.6 Å². The summed E-state index contributed by atoms with van der Waals surface area (Å²) < 4.78 is 34.6. The van der Waals surface area contributed by atoms with E-state index in [1.54, 1.807) is 0 Å². The molecule has 0 saturated carbocycles. The number of ketones is 1. The average molecular weight is 467 g/mol. The number of halogens is 2. The second kappa shape index (κ2) is 10.1. The molecule has 6 nitrogen and oxygen atoms in total. The molecule has 9 heteroatoms. The molecule has 3 aromatic carbocycles. The first-order valence-electron chi connectivity index (χ1n) is 9.87. The van der Waals surface area contributed by atoms with Crippen LogP contribution in [-0.2, 0) is 6.61 Å². The topological polar surface area (TPSA) is 86.5 Å². The Bertz CT molecular complexity index is 1210. The van der Waals surface area contributed by atoms with E-state index in [4.69, 9.17) is 10.5 Å². The number of aromatic nitrogens is 1. The highest BCUT2D eigenvalue weighted by atomic mass is 32.1. The Morgan fingerprint density at radius 2 is 1.64 bits per heavy atom. The number of nitrogens with one attached hydrogen (secondary N) is 1. The first-order valence-corrected chi connectivity index (χ1v) is 10.7. The fraction of sp³-hybridized carbons (Fsp3) is 0.0833. The molecule has 1 heterocycles. The lowest BCUT2D eigenvalue weighted by molar-refractivity contribution is -0.0498. The van der Waals surface area contributed by atoms with Crippen molar-refractivity contribution >= 4 is 33.8 Å². The number of alkyl halides is 2. The van der Waals surface area contributed by atoms with Crippen LogP contribution in [0.5, 0.6) is 11.5 Å².